The van der Waals surface area contributed by atoms with Crippen molar-refractivity contribution in [3.05, 3.63) is 40.6 Å². The van der Waals surface area contributed by atoms with Gasteiger partial charge in [-0.05, 0) is 32.1 Å². The monoisotopic (exact) mass is 382 g/mol. The van der Waals surface area contributed by atoms with Crippen LogP contribution in [0.25, 0.3) is 11.3 Å². The Bertz CT molecular complexity index is 766. The number of benzene rings is 1. The summed E-state index contributed by atoms with van der Waals surface area (Å²) in [5, 5.41) is 7.67. The summed E-state index contributed by atoms with van der Waals surface area (Å²) < 4.78 is 10.2. The normalized spacial score (nSPS) is 11.7. The first-order chi connectivity index (χ1) is 11.9. The lowest BCUT2D eigenvalue weighted by molar-refractivity contribution is 0.0942. The molecule has 134 valence electrons. The smallest absolute Gasteiger partial charge is 0.275 e. The van der Waals surface area contributed by atoms with Crippen molar-refractivity contribution in [3.8, 4) is 11.3 Å². The van der Waals surface area contributed by atoms with Gasteiger partial charge in [-0.3, -0.25) is 15.6 Å². The number of carbonyl (C=O) groups excluding carboxylic acids is 1. The second kappa shape index (κ2) is 8.80. The van der Waals surface area contributed by atoms with Crippen molar-refractivity contribution in [1.29, 1.82) is 0 Å². The highest BCUT2D eigenvalue weighted by Gasteiger charge is 2.23. The highest BCUT2D eigenvalue weighted by Crippen LogP contribution is 2.30. The van der Waals surface area contributed by atoms with E-state index in [0.717, 1.165) is 0 Å². The van der Waals surface area contributed by atoms with E-state index in [9.17, 15) is 4.79 Å². The third-order valence-electron chi connectivity index (χ3n) is 3.30. The topological polar surface area (TPSA) is 88.4 Å². The van der Waals surface area contributed by atoms with Gasteiger partial charge in [0, 0.05) is 18.7 Å². The van der Waals surface area contributed by atoms with Crippen molar-refractivity contribution in [3.63, 3.8) is 0 Å². The zero-order chi connectivity index (χ0) is 18.4. The van der Waals surface area contributed by atoms with Crippen molar-refractivity contribution >= 4 is 34.8 Å². The zero-order valence-electron chi connectivity index (χ0n) is 14.1. The minimum atomic E-state index is -0.433. The first-order valence-electron chi connectivity index (χ1n) is 7.51. The molecule has 1 heterocycles. The van der Waals surface area contributed by atoms with Gasteiger partial charge in [-0.2, -0.15) is 0 Å². The molecule has 0 aliphatic carbocycles. The molecule has 0 aliphatic rings. The molecule has 1 atom stereocenters. The molecule has 1 aromatic carbocycles. The van der Waals surface area contributed by atoms with Crippen LogP contribution < -0.4 is 16.2 Å². The van der Waals surface area contributed by atoms with Gasteiger partial charge in [-0.1, -0.05) is 35.0 Å². The van der Waals surface area contributed by atoms with Crippen LogP contribution in [-0.2, 0) is 4.74 Å². The number of nitrogens with one attached hydrogen (secondary N) is 3. The Morgan fingerprint density at radius 2 is 2.12 bits per heavy atom. The van der Waals surface area contributed by atoms with Crippen molar-refractivity contribution in [2.24, 2.45) is 0 Å². The predicted molar refractivity (Wildman–Crippen MR) is 99.4 cm³/mol. The number of aryl methyl sites for hydroxylation is 1. The van der Waals surface area contributed by atoms with E-state index in [-0.39, 0.29) is 16.7 Å². The quantitative estimate of drug-likeness (QED) is 0.540. The third kappa shape index (κ3) is 4.91. The molecule has 0 saturated carbocycles. The zero-order valence-corrected chi connectivity index (χ0v) is 15.6. The van der Waals surface area contributed by atoms with Gasteiger partial charge in [-0.25, -0.2) is 0 Å². The first-order valence-corrected chi connectivity index (χ1v) is 8.29. The minimum Gasteiger partial charge on any atom is -0.383 e. The van der Waals surface area contributed by atoms with E-state index < -0.39 is 5.91 Å². The summed E-state index contributed by atoms with van der Waals surface area (Å²) in [5.41, 5.74) is 6.44. The molecule has 0 fully saturated rings. The fraction of sp³-hybridized carbons (Fsp3) is 0.312. The summed E-state index contributed by atoms with van der Waals surface area (Å²) in [6.07, 6.45) is 0. The number of hydrogen-bond donors (Lipinski definition) is 3. The SMILES string of the molecule is COC[C@@H](C)NC(=S)NNC(=O)c1c(-c2ccccc2Cl)noc1C. The van der Waals surface area contributed by atoms with Crippen LogP contribution in [0.5, 0.6) is 0 Å². The Hall–Kier alpha value is -2.16. The van der Waals surface area contributed by atoms with E-state index >= 15 is 0 Å². The fourth-order valence-corrected chi connectivity index (χ4v) is 2.68. The number of halogens is 1. The molecular weight excluding hydrogens is 364 g/mol. The number of aromatic nitrogens is 1. The van der Waals surface area contributed by atoms with Gasteiger partial charge in [-0.15, -0.1) is 0 Å². The second-order valence-electron chi connectivity index (χ2n) is 5.35. The molecule has 0 spiro atoms. The Morgan fingerprint density at radius 3 is 2.80 bits per heavy atom. The average molecular weight is 383 g/mol. The fourth-order valence-electron chi connectivity index (χ4n) is 2.20. The van der Waals surface area contributed by atoms with Gasteiger partial charge in [0.05, 0.1) is 11.6 Å². The number of thiocarbonyl (C=S) groups is 1. The molecule has 2 aromatic rings. The highest BCUT2D eigenvalue weighted by atomic mass is 35.5. The number of rotatable bonds is 5. The van der Waals surface area contributed by atoms with E-state index in [4.69, 9.17) is 33.1 Å². The number of hydrogen-bond acceptors (Lipinski definition) is 5. The van der Waals surface area contributed by atoms with E-state index in [1.54, 1.807) is 38.3 Å². The van der Waals surface area contributed by atoms with Gasteiger partial charge in [0.15, 0.2) is 5.11 Å². The Kier molecular flexibility index (Phi) is 6.74. The number of hydrazine groups is 1. The predicted octanol–water partition coefficient (Wildman–Crippen LogP) is 2.45. The molecule has 25 heavy (non-hydrogen) atoms. The summed E-state index contributed by atoms with van der Waals surface area (Å²) in [4.78, 5) is 12.5. The van der Waals surface area contributed by atoms with Crippen LogP contribution in [-0.4, -0.2) is 35.9 Å². The maximum Gasteiger partial charge on any atom is 0.275 e. The van der Waals surface area contributed by atoms with E-state index in [2.05, 4.69) is 21.3 Å². The van der Waals surface area contributed by atoms with Gasteiger partial charge in [0.25, 0.3) is 5.91 Å². The van der Waals surface area contributed by atoms with E-state index in [1.165, 1.54) is 0 Å². The third-order valence-corrected chi connectivity index (χ3v) is 3.85. The van der Waals surface area contributed by atoms with Crippen LogP contribution >= 0.6 is 23.8 Å². The summed E-state index contributed by atoms with van der Waals surface area (Å²) in [7, 11) is 1.60. The van der Waals surface area contributed by atoms with Crippen molar-refractivity contribution in [1.82, 2.24) is 21.3 Å². The number of methoxy groups -OCH3 is 1. The molecule has 7 nitrogen and oxygen atoms in total. The van der Waals surface area contributed by atoms with Crippen LogP contribution in [0.4, 0.5) is 0 Å². The van der Waals surface area contributed by atoms with Crippen molar-refractivity contribution in [2.75, 3.05) is 13.7 Å². The number of carbonyl (C=O) groups is 1. The second-order valence-corrected chi connectivity index (χ2v) is 6.17. The molecule has 0 bridgehead atoms. The maximum atomic E-state index is 12.5. The molecule has 0 saturated heterocycles. The molecule has 2 rings (SSSR count). The number of nitrogens with zero attached hydrogens (tertiary/aromatic N) is 1. The Morgan fingerprint density at radius 1 is 1.40 bits per heavy atom. The average Bonchev–Trinajstić information content (AvgIpc) is 2.95. The van der Waals surface area contributed by atoms with Gasteiger partial charge >= 0.3 is 0 Å². The lowest BCUT2D eigenvalue weighted by atomic mass is 10.1. The molecule has 9 heteroatoms. The molecule has 0 unspecified atom stereocenters. The lowest BCUT2D eigenvalue weighted by Gasteiger charge is -2.16. The Labute approximate surface area is 156 Å². The molecule has 3 N–H and O–H groups in total. The van der Waals surface area contributed by atoms with E-state index in [0.29, 0.717) is 28.6 Å². The lowest BCUT2D eigenvalue weighted by Crippen LogP contribution is -2.50. The molecular formula is C16H19ClN4O3S. The number of ether oxygens (including phenoxy) is 1. The largest absolute Gasteiger partial charge is 0.383 e. The summed E-state index contributed by atoms with van der Waals surface area (Å²) in [6, 6.07) is 7.09. The van der Waals surface area contributed by atoms with Crippen LogP contribution in [0, 0.1) is 6.92 Å². The van der Waals surface area contributed by atoms with Crippen LogP contribution in [0.2, 0.25) is 5.02 Å². The first kappa shape index (κ1) is 19.2. The van der Waals surface area contributed by atoms with Crippen molar-refractivity contribution < 1.29 is 14.1 Å². The van der Waals surface area contributed by atoms with Crippen LogP contribution in [0.3, 0.4) is 0 Å². The summed E-state index contributed by atoms with van der Waals surface area (Å²) in [5.74, 6) is -0.0573. The summed E-state index contributed by atoms with van der Waals surface area (Å²) in [6.45, 7) is 4.04. The van der Waals surface area contributed by atoms with Crippen LogP contribution in [0.1, 0.15) is 23.0 Å². The molecule has 1 aromatic heterocycles. The number of amides is 1. The van der Waals surface area contributed by atoms with Crippen molar-refractivity contribution in [2.45, 2.75) is 19.9 Å². The summed E-state index contributed by atoms with van der Waals surface area (Å²) >= 11 is 11.3. The maximum absolute atomic E-state index is 12.5. The molecule has 1 amide bonds. The highest BCUT2D eigenvalue weighted by molar-refractivity contribution is 7.80. The minimum absolute atomic E-state index is 0.00193. The van der Waals surface area contributed by atoms with E-state index in [1.807, 2.05) is 6.92 Å². The van der Waals surface area contributed by atoms with Gasteiger partial charge < -0.3 is 14.6 Å². The van der Waals surface area contributed by atoms with Crippen LogP contribution in [0.15, 0.2) is 28.8 Å². The molecule has 0 radical (unpaired) electrons. The molecule has 0 aliphatic heterocycles. The Balaban J connectivity index is 2.09. The standard InChI is InChI=1S/C16H19ClN4O3S/c1-9(8-23-3)18-16(25)20-19-15(22)13-10(2)24-21-14(13)11-6-4-5-7-12(11)17/h4-7,9H,8H2,1-3H3,(H,19,22)(H2,18,20,25)/t9-/m1/s1. The van der Waals surface area contributed by atoms with Gasteiger partial charge in [0.2, 0.25) is 0 Å². The van der Waals surface area contributed by atoms with Gasteiger partial charge in [0.1, 0.15) is 17.0 Å².